The predicted octanol–water partition coefficient (Wildman–Crippen LogP) is 4.10. The van der Waals surface area contributed by atoms with Crippen molar-refractivity contribution in [2.24, 2.45) is 0 Å². The van der Waals surface area contributed by atoms with Gasteiger partial charge >= 0.3 is 0 Å². The fourth-order valence-corrected chi connectivity index (χ4v) is 4.49. The van der Waals surface area contributed by atoms with Crippen molar-refractivity contribution in [2.75, 3.05) is 5.75 Å². The maximum atomic E-state index is 12.2. The Labute approximate surface area is 141 Å². The molecule has 2 N–H and O–H groups in total. The molecule has 1 aromatic carbocycles. The van der Waals surface area contributed by atoms with Gasteiger partial charge in [-0.3, -0.25) is 4.79 Å². The number of aromatic amines is 1. The van der Waals surface area contributed by atoms with Crippen LogP contribution in [0.1, 0.15) is 34.1 Å². The molecule has 3 rings (SSSR count). The van der Waals surface area contributed by atoms with Gasteiger partial charge in [0.25, 0.3) is 0 Å². The second-order valence-corrected chi connectivity index (χ2v) is 8.56. The Morgan fingerprint density at radius 3 is 2.65 bits per heavy atom. The van der Waals surface area contributed by atoms with Gasteiger partial charge in [-0.25, -0.2) is 0 Å². The quantitative estimate of drug-likeness (QED) is 0.659. The van der Waals surface area contributed by atoms with Crippen molar-refractivity contribution in [2.45, 2.75) is 50.2 Å². The normalized spacial score (nSPS) is 19.6. The highest BCUT2D eigenvalue weighted by Crippen LogP contribution is 2.31. The van der Waals surface area contributed by atoms with Crippen LogP contribution in [0.5, 0.6) is 0 Å². The van der Waals surface area contributed by atoms with Gasteiger partial charge in [-0.2, -0.15) is 0 Å². The number of hydrogen-bond acceptors (Lipinski definition) is 3. The molecule has 3 nitrogen and oxygen atoms in total. The fraction of sp³-hybridized carbons (Fsp3) is 0.421. The third kappa shape index (κ3) is 3.88. The Hall–Kier alpha value is -1.52. The molecule has 23 heavy (non-hydrogen) atoms. The van der Waals surface area contributed by atoms with Crippen LogP contribution in [0.3, 0.4) is 0 Å². The number of hydrogen-bond donors (Lipinski definition) is 2. The molecule has 2 heterocycles. The van der Waals surface area contributed by atoms with Crippen molar-refractivity contribution >= 4 is 22.7 Å². The van der Waals surface area contributed by atoms with Crippen LogP contribution in [0.2, 0.25) is 0 Å². The Kier molecular flexibility index (Phi) is 4.15. The van der Waals surface area contributed by atoms with E-state index in [4.69, 9.17) is 0 Å². The standard InChI is InChI=1S/C19H24N2OS/c1-18(2)10-13(11-19(3,4)21-18)12-23-17-9-16(22)14-7-5-6-8-15(14)20-17/h5-10,21H,11-12H2,1-4H3,(H,20,22). The summed E-state index contributed by atoms with van der Waals surface area (Å²) in [4.78, 5) is 15.6. The topological polar surface area (TPSA) is 44.9 Å². The van der Waals surface area contributed by atoms with E-state index in [0.29, 0.717) is 0 Å². The first-order valence-electron chi connectivity index (χ1n) is 7.99. The molecule has 0 amide bonds. The lowest BCUT2D eigenvalue weighted by molar-refractivity contribution is 0.284. The lowest BCUT2D eigenvalue weighted by atomic mass is 9.84. The number of para-hydroxylation sites is 1. The minimum absolute atomic E-state index is 0.00837. The van der Waals surface area contributed by atoms with E-state index in [9.17, 15) is 4.79 Å². The third-order valence-corrected chi connectivity index (χ3v) is 5.07. The number of fused-ring (bicyclic) bond motifs is 1. The van der Waals surface area contributed by atoms with Crippen LogP contribution in [-0.2, 0) is 0 Å². The summed E-state index contributed by atoms with van der Waals surface area (Å²) < 4.78 is 0. The predicted molar refractivity (Wildman–Crippen MR) is 99.3 cm³/mol. The van der Waals surface area contributed by atoms with Gasteiger partial charge in [0.1, 0.15) is 0 Å². The number of H-pyrrole nitrogens is 1. The summed E-state index contributed by atoms with van der Waals surface area (Å²) in [6.45, 7) is 8.89. The van der Waals surface area contributed by atoms with E-state index < -0.39 is 0 Å². The summed E-state index contributed by atoms with van der Waals surface area (Å²) >= 11 is 1.71. The molecule has 1 aliphatic heterocycles. The van der Waals surface area contributed by atoms with E-state index in [1.807, 2.05) is 24.3 Å². The molecule has 0 saturated carbocycles. The van der Waals surface area contributed by atoms with Gasteiger partial charge in [0.15, 0.2) is 5.43 Å². The van der Waals surface area contributed by atoms with Gasteiger partial charge in [-0.15, -0.1) is 11.8 Å². The smallest absolute Gasteiger partial charge is 0.190 e. The second kappa shape index (κ2) is 5.84. The van der Waals surface area contributed by atoms with Crippen LogP contribution >= 0.6 is 11.8 Å². The van der Waals surface area contributed by atoms with Gasteiger partial charge in [0, 0.05) is 28.3 Å². The summed E-state index contributed by atoms with van der Waals surface area (Å²) in [5, 5.41) is 5.33. The molecule has 1 aromatic heterocycles. The van der Waals surface area contributed by atoms with Crippen molar-refractivity contribution in [1.29, 1.82) is 0 Å². The zero-order valence-electron chi connectivity index (χ0n) is 14.2. The van der Waals surface area contributed by atoms with Crippen molar-refractivity contribution in [3.8, 4) is 0 Å². The van der Waals surface area contributed by atoms with E-state index in [2.05, 4.69) is 44.1 Å². The average Bonchev–Trinajstić information content (AvgIpc) is 2.42. The van der Waals surface area contributed by atoms with Crippen LogP contribution in [0.15, 0.2) is 51.8 Å². The highest BCUT2D eigenvalue weighted by atomic mass is 32.2. The largest absolute Gasteiger partial charge is 0.350 e. The molecular formula is C19H24N2OS. The summed E-state index contributed by atoms with van der Waals surface area (Å²) in [5.74, 6) is 0.906. The van der Waals surface area contributed by atoms with Gasteiger partial charge in [-0.1, -0.05) is 23.8 Å². The van der Waals surface area contributed by atoms with Gasteiger partial charge in [-0.05, 0) is 46.2 Å². The summed E-state index contributed by atoms with van der Waals surface area (Å²) in [7, 11) is 0. The number of benzene rings is 1. The maximum absolute atomic E-state index is 12.2. The number of aromatic nitrogens is 1. The molecule has 0 fully saturated rings. The number of thioether (sulfide) groups is 1. The molecule has 0 spiro atoms. The molecule has 0 aliphatic carbocycles. The Bertz CT molecular complexity index is 817. The number of pyridine rings is 1. The first kappa shape index (κ1) is 16.3. The molecular weight excluding hydrogens is 304 g/mol. The zero-order valence-corrected chi connectivity index (χ0v) is 15.0. The highest BCUT2D eigenvalue weighted by Gasteiger charge is 2.31. The van der Waals surface area contributed by atoms with Crippen LogP contribution in [0.4, 0.5) is 0 Å². The van der Waals surface area contributed by atoms with Gasteiger partial charge in [0.2, 0.25) is 0 Å². The Morgan fingerprint density at radius 1 is 1.17 bits per heavy atom. The summed E-state index contributed by atoms with van der Waals surface area (Å²) in [6.07, 6.45) is 3.35. The Balaban J connectivity index is 1.81. The fourth-order valence-electron chi connectivity index (χ4n) is 3.59. The van der Waals surface area contributed by atoms with Crippen LogP contribution in [-0.4, -0.2) is 21.8 Å². The van der Waals surface area contributed by atoms with Gasteiger partial charge < -0.3 is 10.3 Å². The zero-order chi connectivity index (χ0) is 16.7. The lowest BCUT2D eigenvalue weighted by Gasteiger charge is -2.41. The molecule has 2 aromatic rings. The maximum Gasteiger partial charge on any atom is 0.190 e. The van der Waals surface area contributed by atoms with Crippen molar-refractivity contribution in [1.82, 2.24) is 10.3 Å². The summed E-state index contributed by atoms with van der Waals surface area (Å²) in [5.41, 5.74) is 2.53. The molecule has 1 aliphatic rings. The molecule has 4 heteroatoms. The van der Waals surface area contributed by atoms with Crippen LogP contribution in [0, 0.1) is 0 Å². The molecule has 0 bridgehead atoms. The van der Waals surface area contributed by atoms with E-state index >= 15 is 0 Å². The van der Waals surface area contributed by atoms with Crippen LogP contribution in [0.25, 0.3) is 10.9 Å². The van der Waals surface area contributed by atoms with E-state index in [-0.39, 0.29) is 16.5 Å². The van der Waals surface area contributed by atoms with Crippen LogP contribution < -0.4 is 10.7 Å². The highest BCUT2D eigenvalue weighted by molar-refractivity contribution is 7.99. The van der Waals surface area contributed by atoms with E-state index in [0.717, 1.165) is 28.1 Å². The molecule has 0 unspecified atom stereocenters. The second-order valence-electron chi connectivity index (χ2n) is 7.54. The van der Waals surface area contributed by atoms with Crippen molar-refractivity contribution < 1.29 is 0 Å². The van der Waals surface area contributed by atoms with E-state index in [1.54, 1.807) is 17.8 Å². The Morgan fingerprint density at radius 2 is 1.91 bits per heavy atom. The minimum atomic E-state index is 0.00837. The monoisotopic (exact) mass is 328 g/mol. The molecule has 0 radical (unpaired) electrons. The molecule has 122 valence electrons. The SMILES string of the molecule is CC1(C)C=C(CSc2cc(=O)c3ccccc3[nH]2)CC(C)(C)N1. The van der Waals surface area contributed by atoms with Crippen molar-refractivity contribution in [3.05, 3.63) is 52.2 Å². The summed E-state index contributed by atoms with van der Waals surface area (Å²) in [6, 6.07) is 9.38. The average molecular weight is 328 g/mol. The minimum Gasteiger partial charge on any atom is -0.350 e. The molecule has 0 saturated heterocycles. The van der Waals surface area contributed by atoms with E-state index in [1.165, 1.54) is 5.57 Å². The lowest BCUT2D eigenvalue weighted by Crippen LogP contribution is -2.54. The van der Waals surface area contributed by atoms with Gasteiger partial charge in [0.05, 0.1) is 10.5 Å². The first-order chi connectivity index (χ1) is 10.7. The first-order valence-corrected chi connectivity index (χ1v) is 8.98. The third-order valence-electron chi connectivity index (χ3n) is 4.02. The van der Waals surface area contributed by atoms with Crippen molar-refractivity contribution in [3.63, 3.8) is 0 Å². The molecule has 0 atom stereocenters. The number of nitrogens with one attached hydrogen (secondary N) is 2. The number of rotatable bonds is 3.